The second kappa shape index (κ2) is 7.26. The quantitative estimate of drug-likeness (QED) is 0.770. The van der Waals surface area contributed by atoms with Gasteiger partial charge in [0.05, 0.1) is 32.9 Å². The molecule has 1 saturated heterocycles. The fourth-order valence-corrected chi connectivity index (χ4v) is 2.38. The van der Waals surface area contributed by atoms with Gasteiger partial charge in [-0.1, -0.05) is 11.8 Å². The third-order valence-electron chi connectivity index (χ3n) is 2.53. The van der Waals surface area contributed by atoms with E-state index in [0.717, 1.165) is 10.4 Å². The van der Waals surface area contributed by atoms with E-state index in [-0.39, 0.29) is 5.91 Å². The lowest BCUT2D eigenvalue weighted by Gasteiger charge is -2.21. The normalized spacial score (nSPS) is 18.5. The van der Waals surface area contributed by atoms with Crippen molar-refractivity contribution < 1.29 is 14.3 Å². The van der Waals surface area contributed by atoms with Crippen molar-refractivity contribution in [2.75, 3.05) is 26.4 Å². The van der Waals surface area contributed by atoms with Crippen molar-refractivity contribution >= 4 is 17.2 Å². The lowest BCUT2D eigenvalue weighted by Crippen LogP contribution is -2.42. The van der Waals surface area contributed by atoms with Gasteiger partial charge in [0.15, 0.2) is 6.10 Å². The van der Waals surface area contributed by atoms with Gasteiger partial charge in [-0.3, -0.25) is 4.79 Å². The minimum absolute atomic E-state index is 0.136. The molecule has 0 radical (unpaired) electrons. The van der Waals surface area contributed by atoms with Crippen LogP contribution < -0.4 is 11.1 Å². The summed E-state index contributed by atoms with van der Waals surface area (Å²) < 4.78 is 10.5. The summed E-state index contributed by atoms with van der Waals surface area (Å²) in [6.07, 6.45) is -0.495. The summed E-state index contributed by atoms with van der Waals surface area (Å²) in [5.41, 5.74) is 6.24. The number of rotatable bonds is 3. The van der Waals surface area contributed by atoms with Crippen LogP contribution in [0.3, 0.4) is 0 Å². The Balaban J connectivity index is 1.81. The lowest BCUT2D eigenvalue weighted by atomic mass is 10.3. The van der Waals surface area contributed by atoms with Gasteiger partial charge in [0.1, 0.15) is 0 Å². The molecule has 2 rings (SSSR count). The highest BCUT2D eigenvalue weighted by Crippen LogP contribution is 2.13. The second-order valence-corrected chi connectivity index (χ2v) is 4.96. The fraction of sp³-hybridized carbons (Fsp3) is 0.462. The molecule has 1 fully saturated rings. The molecule has 0 spiro atoms. The highest BCUT2D eigenvalue weighted by Gasteiger charge is 2.22. The van der Waals surface area contributed by atoms with E-state index < -0.39 is 6.10 Å². The van der Waals surface area contributed by atoms with Gasteiger partial charge in [-0.25, -0.2) is 0 Å². The molecule has 3 N–H and O–H groups in total. The molecular formula is C13H16N2O3S. The standard InChI is InChI=1S/C13H16N2O3S/c14-3-1-2-10-6-11(19-9-10)7-15-13(16)12-8-17-4-5-18-12/h6,9,12H,3-5,7-8,14H2,(H,15,16). The molecule has 1 amide bonds. The smallest absolute Gasteiger partial charge is 0.251 e. The molecule has 19 heavy (non-hydrogen) atoms. The van der Waals surface area contributed by atoms with E-state index in [0.29, 0.717) is 32.9 Å². The van der Waals surface area contributed by atoms with Gasteiger partial charge in [-0.15, -0.1) is 11.3 Å². The summed E-state index contributed by atoms with van der Waals surface area (Å²) in [7, 11) is 0. The lowest BCUT2D eigenvalue weighted by molar-refractivity contribution is -0.147. The van der Waals surface area contributed by atoms with Gasteiger partial charge in [-0.05, 0) is 6.07 Å². The van der Waals surface area contributed by atoms with Gasteiger partial charge in [0, 0.05) is 15.8 Å². The Morgan fingerprint density at radius 2 is 2.47 bits per heavy atom. The molecule has 5 nitrogen and oxygen atoms in total. The van der Waals surface area contributed by atoms with Crippen LogP contribution in [0, 0.1) is 11.8 Å². The largest absolute Gasteiger partial charge is 0.376 e. The van der Waals surface area contributed by atoms with Gasteiger partial charge in [0.25, 0.3) is 5.91 Å². The highest BCUT2D eigenvalue weighted by atomic mass is 32.1. The topological polar surface area (TPSA) is 73.6 Å². The molecule has 2 heterocycles. The summed E-state index contributed by atoms with van der Waals surface area (Å²) >= 11 is 1.56. The first-order valence-electron chi connectivity index (χ1n) is 6.03. The Morgan fingerprint density at radius 3 is 3.21 bits per heavy atom. The molecule has 102 valence electrons. The van der Waals surface area contributed by atoms with Crippen LogP contribution in [0.25, 0.3) is 0 Å². The minimum Gasteiger partial charge on any atom is -0.376 e. The summed E-state index contributed by atoms with van der Waals surface area (Å²) in [6, 6.07) is 1.95. The van der Waals surface area contributed by atoms with Gasteiger partial charge in [0.2, 0.25) is 0 Å². The molecular weight excluding hydrogens is 264 g/mol. The number of nitrogens with two attached hydrogens (primary N) is 1. The van der Waals surface area contributed by atoms with Gasteiger partial charge < -0.3 is 20.5 Å². The monoisotopic (exact) mass is 280 g/mol. The van der Waals surface area contributed by atoms with Crippen molar-refractivity contribution in [3.63, 3.8) is 0 Å². The molecule has 1 aromatic heterocycles. The average molecular weight is 280 g/mol. The maximum absolute atomic E-state index is 11.8. The van der Waals surface area contributed by atoms with E-state index in [1.165, 1.54) is 0 Å². The molecule has 0 aliphatic carbocycles. The van der Waals surface area contributed by atoms with E-state index >= 15 is 0 Å². The van der Waals surface area contributed by atoms with Crippen molar-refractivity contribution in [1.82, 2.24) is 5.32 Å². The molecule has 1 aliphatic rings. The molecule has 6 heteroatoms. The zero-order valence-electron chi connectivity index (χ0n) is 10.5. The van der Waals surface area contributed by atoms with E-state index in [2.05, 4.69) is 17.2 Å². The molecule has 1 atom stereocenters. The summed E-state index contributed by atoms with van der Waals surface area (Å²) in [5.74, 6) is 5.61. The third kappa shape index (κ3) is 4.33. The number of hydrogen-bond acceptors (Lipinski definition) is 5. The number of ether oxygens (including phenoxy) is 2. The molecule has 0 saturated carbocycles. The number of amides is 1. The number of nitrogens with one attached hydrogen (secondary N) is 1. The van der Waals surface area contributed by atoms with Crippen LogP contribution in [-0.2, 0) is 20.8 Å². The molecule has 1 aromatic rings. The predicted octanol–water partition coefficient (Wildman–Crippen LogP) is 0.0899. The van der Waals surface area contributed by atoms with E-state index in [9.17, 15) is 4.79 Å². The number of carbonyl (C=O) groups is 1. The maximum atomic E-state index is 11.8. The van der Waals surface area contributed by atoms with Crippen LogP contribution in [0.1, 0.15) is 10.4 Å². The summed E-state index contributed by atoms with van der Waals surface area (Å²) in [5, 5.41) is 4.78. The Bertz CT molecular complexity index is 484. The number of hydrogen-bond donors (Lipinski definition) is 2. The summed E-state index contributed by atoms with van der Waals surface area (Å²) in [6.45, 7) is 2.17. The first-order chi connectivity index (χ1) is 9.29. The summed E-state index contributed by atoms with van der Waals surface area (Å²) in [4.78, 5) is 12.8. The highest BCUT2D eigenvalue weighted by molar-refractivity contribution is 7.10. The van der Waals surface area contributed by atoms with Crippen LogP contribution in [-0.4, -0.2) is 38.4 Å². The van der Waals surface area contributed by atoms with Crippen LogP contribution in [0.15, 0.2) is 11.4 Å². The second-order valence-electron chi connectivity index (χ2n) is 3.96. The van der Waals surface area contributed by atoms with Crippen molar-refractivity contribution in [2.24, 2.45) is 5.73 Å². The van der Waals surface area contributed by atoms with Crippen molar-refractivity contribution in [1.29, 1.82) is 0 Å². The Hall–Kier alpha value is -1.39. The van der Waals surface area contributed by atoms with Gasteiger partial charge in [-0.2, -0.15) is 0 Å². The zero-order valence-corrected chi connectivity index (χ0v) is 11.3. The Labute approximate surface area is 116 Å². The molecule has 0 bridgehead atoms. The number of carbonyl (C=O) groups excluding carboxylic acids is 1. The SMILES string of the molecule is NCC#Cc1csc(CNC(=O)C2COCCO2)c1. The first kappa shape index (κ1) is 14.0. The molecule has 0 aromatic carbocycles. The zero-order chi connectivity index (χ0) is 13.5. The third-order valence-corrected chi connectivity index (χ3v) is 3.47. The number of thiophene rings is 1. The van der Waals surface area contributed by atoms with Crippen molar-refractivity contribution in [3.05, 3.63) is 21.9 Å². The van der Waals surface area contributed by atoms with E-state index in [4.69, 9.17) is 15.2 Å². The first-order valence-corrected chi connectivity index (χ1v) is 6.91. The van der Waals surface area contributed by atoms with Gasteiger partial charge >= 0.3 is 0 Å². The maximum Gasteiger partial charge on any atom is 0.251 e. The predicted molar refractivity (Wildman–Crippen MR) is 72.7 cm³/mol. The van der Waals surface area contributed by atoms with E-state index in [1.54, 1.807) is 11.3 Å². The fourth-order valence-electron chi connectivity index (χ4n) is 1.62. The van der Waals surface area contributed by atoms with Crippen molar-refractivity contribution in [3.8, 4) is 11.8 Å². The van der Waals surface area contributed by atoms with Crippen LogP contribution >= 0.6 is 11.3 Å². The van der Waals surface area contributed by atoms with Crippen LogP contribution in [0.4, 0.5) is 0 Å². The van der Waals surface area contributed by atoms with Crippen LogP contribution in [0.2, 0.25) is 0 Å². The Morgan fingerprint density at radius 1 is 1.58 bits per heavy atom. The average Bonchev–Trinajstić information content (AvgIpc) is 2.91. The minimum atomic E-state index is -0.495. The Kier molecular flexibility index (Phi) is 5.36. The van der Waals surface area contributed by atoms with Crippen LogP contribution in [0.5, 0.6) is 0 Å². The van der Waals surface area contributed by atoms with E-state index in [1.807, 2.05) is 11.4 Å². The molecule has 1 unspecified atom stereocenters. The molecule has 1 aliphatic heterocycles. The van der Waals surface area contributed by atoms with Crippen molar-refractivity contribution in [2.45, 2.75) is 12.6 Å².